The molecule has 0 aliphatic heterocycles. The van der Waals surface area contributed by atoms with Crippen LogP contribution in [0.4, 0.5) is 5.69 Å². The monoisotopic (exact) mass is 282 g/mol. The first kappa shape index (κ1) is 13.2. The van der Waals surface area contributed by atoms with Crippen LogP contribution in [0.1, 0.15) is 25.7 Å². The number of rotatable bonds is 2. The molecule has 0 spiro atoms. The van der Waals surface area contributed by atoms with Crippen molar-refractivity contribution in [1.82, 2.24) is 5.32 Å². The molecule has 0 atom stereocenters. The molecule has 0 saturated heterocycles. The molecule has 2 rings (SSSR count). The second-order valence-corrected chi connectivity index (χ2v) is 5.01. The number of phenolic OH excluding ortho intramolecular Hbond substituents is 1. The van der Waals surface area contributed by atoms with E-state index in [0.717, 1.165) is 18.5 Å². The second-order valence-electron chi connectivity index (χ2n) is 4.19. The Balaban J connectivity index is 1.98. The van der Waals surface area contributed by atoms with Crippen molar-refractivity contribution >= 4 is 34.6 Å². The molecule has 3 nitrogen and oxygen atoms in total. The average Bonchev–Trinajstić information content (AvgIpc) is 2.36. The van der Waals surface area contributed by atoms with E-state index in [1.807, 2.05) is 0 Å². The number of allylic oxidation sites excluding steroid dienone is 2. The Kier molecular flexibility index (Phi) is 4.44. The molecule has 0 heterocycles. The van der Waals surface area contributed by atoms with Gasteiger partial charge in [-0.3, -0.25) is 0 Å². The fourth-order valence-corrected chi connectivity index (χ4v) is 2.28. The minimum Gasteiger partial charge on any atom is -0.504 e. The highest BCUT2D eigenvalue weighted by molar-refractivity contribution is 7.80. The Hall–Kier alpha value is -1.26. The van der Waals surface area contributed by atoms with Crippen molar-refractivity contribution in [3.05, 3.63) is 35.0 Å². The summed E-state index contributed by atoms with van der Waals surface area (Å²) in [5, 5.41) is 16.6. The number of thiocarbonyl (C=S) groups is 1. The highest BCUT2D eigenvalue weighted by Gasteiger charge is 2.08. The molecule has 18 heavy (non-hydrogen) atoms. The lowest BCUT2D eigenvalue weighted by Crippen LogP contribution is -2.28. The zero-order valence-corrected chi connectivity index (χ0v) is 11.4. The van der Waals surface area contributed by atoms with Crippen molar-refractivity contribution in [1.29, 1.82) is 0 Å². The van der Waals surface area contributed by atoms with Crippen LogP contribution in [0, 0.1) is 0 Å². The molecule has 0 bridgehead atoms. The molecule has 0 unspecified atom stereocenters. The maximum Gasteiger partial charge on any atom is 0.175 e. The lowest BCUT2D eigenvalue weighted by Gasteiger charge is -2.17. The van der Waals surface area contributed by atoms with Crippen LogP contribution >= 0.6 is 23.8 Å². The first-order valence-electron chi connectivity index (χ1n) is 5.91. The molecule has 0 radical (unpaired) electrons. The molecule has 1 aromatic rings. The van der Waals surface area contributed by atoms with Gasteiger partial charge in [0.05, 0.1) is 10.7 Å². The van der Waals surface area contributed by atoms with Crippen LogP contribution in [0.3, 0.4) is 0 Å². The third kappa shape index (κ3) is 3.37. The average molecular weight is 283 g/mol. The lowest BCUT2D eigenvalue weighted by molar-refractivity contribution is 0.478. The SMILES string of the molecule is Oc1c(Cl)cccc1NC(=S)NC1=CCCCC1. The Morgan fingerprint density at radius 2 is 2.11 bits per heavy atom. The third-order valence-corrected chi connectivity index (χ3v) is 3.31. The number of hydrogen-bond donors (Lipinski definition) is 3. The standard InChI is InChI=1S/C13H15ClN2OS/c14-10-7-4-8-11(12(10)17)16-13(18)15-9-5-2-1-3-6-9/h4-5,7-8,17H,1-3,6H2,(H2,15,16,18). The molecular weight excluding hydrogens is 268 g/mol. The summed E-state index contributed by atoms with van der Waals surface area (Å²) in [5.74, 6) is 0.0148. The van der Waals surface area contributed by atoms with Crippen molar-refractivity contribution in [3.8, 4) is 5.75 Å². The minimum atomic E-state index is 0.0148. The summed E-state index contributed by atoms with van der Waals surface area (Å²) < 4.78 is 0. The molecule has 1 aromatic carbocycles. The number of nitrogens with one attached hydrogen (secondary N) is 2. The smallest absolute Gasteiger partial charge is 0.175 e. The highest BCUT2D eigenvalue weighted by Crippen LogP contribution is 2.31. The quantitative estimate of drug-likeness (QED) is 0.570. The van der Waals surface area contributed by atoms with Crippen LogP contribution in [-0.2, 0) is 0 Å². The molecule has 3 N–H and O–H groups in total. The first-order chi connectivity index (χ1) is 8.66. The van der Waals surface area contributed by atoms with E-state index < -0.39 is 0 Å². The van der Waals surface area contributed by atoms with Crippen molar-refractivity contribution in [2.45, 2.75) is 25.7 Å². The molecule has 1 aliphatic carbocycles. The van der Waals surface area contributed by atoms with Gasteiger partial charge in [0.1, 0.15) is 0 Å². The van der Waals surface area contributed by atoms with Crippen LogP contribution in [0.2, 0.25) is 5.02 Å². The Labute approximate surface area is 117 Å². The van der Waals surface area contributed by atoms with Gasteiger partial charge in [-0.25, -0.2) is 0 Å². The maximum atomic E-state index is 9.76. The summed E-state index contributed by atoms with van der Waals surface area (Å²) in [4.78, 5) is 0. The highest BCUT2D eigenvalue weighted by atomic mass is 35.5. The summed E-state index contributed by atoms with van der Waals surface area (Å²) in [6.45, 7) is 0. The van der Waals surface area contributed by atoms with Gasteiger partial charge in [-0.15, -0.1) is 0 Å². The fourth-order valence-electron chi connectivity index (χ4n) is 1.87. The molecule has 0 saturated carbocycles. The number of hydrogen-bond acceptors (Lipinski definition) is 2. The van der Waals surface area contributed by atoms with Gasteiger partial charge in [-0.05, 0) is 50.0 Å². The molecular formula is C13H15ClN2OS. The number of halogens is 1. The van der Waals surface area contributed by atoms with Crippen LogP contribution < -0.4 is 10.6 Å². The molecule has 0 amide bonds. The van der Waals surface area contributed by atoms with E-state index in [1.165, 1.54) is 12.8 Å². The Morgan fingerprint density at radius 3 is 2.83 bits per heavy atom. The predicted octanol–water partition coefficient (Wildman–Crippen LogP) is 3.79. The van der Waals surface area contributed by atoms with E-state index in [1.54, 1.807) is 18.2 Å². The zero-order chi connectivity index (χ0) is 13.0. The van der Waals surface area contributed by atoms with Gasteiger partial charge in [0, 0.05) is 5.70 Å². The van der Waals surface area contributed by atoms with E-state index in [0.29, 0.717) is 15.8 Å². The van der Waals surface area contributed by atoms with Crippen LogP contribution in [0.25, 0.3) is 0 Å². The van der Waals surface area contributed by atoms with Gasteiger partial charge < -0.3 is 15.7 Å². The normalized spacial score (nSPS) is 14.8. The van der Waals surface area contributed by atoms with Crippen molar-refractivity contribution < 1.29 is 5.11 Å². The van der Waals surface area contributed by atoms with E-state index >= 15 is 0 Å². The molecule has 5 heteroatoms. The fraction of sp³-hybridized carbons (Fsp3) is 0.308. The van der Waals surface area contributed by atoms with E-state index in [4.69, 9.17) is 23.8 Å². The largest absolute Gasteiger partial charge is 0.504 e. The number of aromatic hydroxyl groups is 1. The molecule has 1 aliphatic rings. The number of benzene rings is 1. The Morgan fingerprint density at radius 1 is 1.28 bits per heavy atom. The molecule has 96 valence electrons. The lowest BCUT2D eigenvalue weighted by atomic mass is 10.1. The summed E-state index contributed by atoms with van der Waals surface area (Å²) in [7, 11) is 0. The third-order valence-electron chi connectivity index (χ3n) is 2.80. The van der Waals surface area contributed by atoms with E-state index in [2.05, 4.69) is 16.7 Å². The summed E-state index contributed by atoms with van der Waals surface area (Å²) in [5.41, 5.74) is 1.65. The number of anilines is 1. The van der Waals surface area contributed by atoms with E-state index in [9.17, 15) is 5.11 Å². The number of para-hydroxylation sites is 1. The van der Waals surface area contributed by atoms with Crippen LogP contribution in [0.5, 0.6) is 5.75 Å². The van der Waals surface area contributed by atoms with Crippen LogP contribution in [0.15, 0.2) is 30.0 Å². The topological polar surface area (TPSA) is 44.3 Å². The predicted molar refractivity (Wildman–Crippen MR) is 79.0 cm³/mol. The summed E-state index contributed by atoms with van der Waals surface area (Å²) >= 11 is 11.0. The van der Waals surface area contributed by atoms with Crippen molar-refractivity contribution in [3.63, 3.8) is 0 Å². The summed E-state index contributed by atoms with van der Waals surface area (Å²) in [6, 6.07) is 5.11. The van der Waals surface area contributed by atoms with Crippen molar-refractivity contribution in [2.24, 2.45) is 0 Å². The molecule has 0 aromatic heterocycles. The number of phenols is 1. The van der Waals surface area contributed by atoms with Crippen LogP contribution in [-0.4, -0.2) is 10.2 Å². The van der Waals surface area contributed by atoms with Gasteiger partial charge in [0.25, 0.3) is 0 Å². The second kappa shape index (κ2) is 6.07. The Bertz CT molecular complexity index is 488. The van der Waals surface area contributed by atoms with Gasteiger partial charge in [0.15, 0.2) is 10.9 Å². The van der Waals surface area contributed by atoms with Crippen molar-refractivity contribution in [2.75, 3.05) is 5.32 Å². The van der Waals surface area contributed by atoms with Gasteiger partial charge in [-0.2, -0.15) is 0 Å². The van der Waals surface area contributed by atoms with Gasteiger partial charge >= 0.3 is 0 Å². The summed E-state index contributed by atoms with van der Waals surface area (Å²) in [6.07, 6.45) is 6.69. The minimum absolute atomic E-state index is 0.0148. The van der Waals surface area contributed by atoms with Gasteiger partial charge in [0.2, 0.25) is 0 Å². The first-order valence-corrected chi connectivity index (χ1v) is 6.70. The van der Waals surface area contributed by atoms with E-state index in [-0.39, 0.29) is 5.75 Å². The zero-order valence-electron chi connectivity index (χ0n) is 9.87. The van der Waals surface area contributed by atoms with Gasteiger partial charge in [-0.1, -0.05) is 23.7 Å². The maximum absolute atomic E-state index is 9.76. The molecule has 0 fully saturated rings.